The van der Waals surface area contributed by atoms with Crippen molar-refractivity contribution in [1.29, 1.82) is 0 Å². The largest absolute Gasteiger partial charge is 0.493 e. The first-order valence-corrected chi connectivity index (χ1v) is 8.95. The van der Waals surface area contributed by atoms with Crippen molar-refractivity contribution in [3.05, 3.63) is 47.3 Å². The highest BCUT2D eigenvalue weighted by atomic mass is 16.5. The van der Waals surface area contributed by atoms with E-state index in [1.165, 1.54) is 0 Å². The fraction of sp³-hybridized carbons (Fsp3) is 0.421. The summed E-state index contributed by atoms with van der Waals surface area (Å²) in [5, 5.41) is 0. The SMILES string of the molecule is CCOc1ccccc1C(=O)N1Cc2cnc(N3CCOCC3)nc2C1. The number of rotatable bonds is 4. The van der Waals surface area contributed by atoms with Crippen LogP contribution in [-0.2, 0) is 17.8 Å². The minimum absolute atomic E-state index is 0.0417. The number of hydrogen-bond acceptors (Lipinski definition) is 6. The van der Waals surface area contributed by atoms with E-state index in [-0.39, 0.29) is 5.91 Å². The third kappa shape index (κ3) is 3.22. The van der Waals surface area contributed by atoms with E-state index in [1.54, 1.807) is 11.0 Å². The van der Waals surface area contributed by atoms with Crippen LogP contribution in [0.15, 0.2) is 30.5 Å². The van der Waals surface area contributed by atoms with Crippen molar-refractivity contribution in [3.8, 4) is 5.75 Å². The van der Waals surface area contributed by atoms with E-state index >= 15 is 0 Å². The molecule has 3 heterocycles. The van der Waals surface area contributed by atoms with Crippen LogP contribution >= 0.6 is 0 Å². The highest BCUT2D eigenvalue weighted by Crippen LogP contribution is 2.27. The zero-order chi connectivity index (χ0) is 17.9. The second kappa shape index (κ2) is 7.29. The van der Waals surface area contributed by atoms with Gasteiger partial charge in [-0.25, -0.2) is 9.97 Å². The summed E-state index contributed by atoms with van der Waals surface area (Å²) < 4.78 is 11.0. The number of hydrogen-bond donors (Lipinski definition) is 0. The van der Waals surface area contributed by atoms with E-state index in [0.717, 1.165) is 30.3 Å². The number of aromatic nitrogens is 2. The monoisotopic (exact) mass is 354 g/mol. The Morgan fingerprint density at radius 3 is 2.85 bits per heavy atom. The minimum Gasteiger partial charge on any atom is -0.493 e. The van der Waals surface area contributed by atoms with Crippen molar-refractivity contribution in [2.45, 2.75) is 20.0 Å². The number of benzene rings is 1. The van der Waals surface area contributed by atoms with Gasteiger partial charge in [-0.05, 0) is 19.1 Å². The molecule has 0 unspecified atom stereocenters. The van der Waals surface area contributed by atoms with Gasteiger partial charge < -0.3 is 19.3 Å². The van der Waals surface area contributed by atoms with Crippen molar-refractivity contribution in [1.82, 2.24) is 14.9 Å². The molecule has 2 aromatic rings. The van der Waals surface area contributed by atoms with Crippen LogP contribution < -0.4 is 9.64 Å². The Labute approximate surface area is 152 Å². The number of ether oxygens (including phenoxy) is 2. The number of amides is 1. The Kier molecular flexibility index (Phi) is 4.71. The number of anilines is 1. The van der Waals surface area contributed by atoms with Crippen LogP contribution in [0.1, 0.15) is 28.5 Å². The lowest BCUT2D eigenvalue weighted by atomic mass is 10.1. The molecular formula is C19H22N4O3. The van der Waals surface area contributed by atoms with Gasteiger partial charge in [0.2, 0.25) is 5.95 Å². The van der Waals surface area contributed by atoms with Gasteiger partial charge in [0, 0.05) is 31.4 Å². The fourth-order valence-corrected chi connectivity index (χ4v) is 3.30. The maximum Gasteiger partial charge on any atom is 0.258 e. The molecule has 26 heavy (non-hydrogen) atoms. The minimum atomic E-state index is -0.0417. The zero-order valence-corrected chi connectivity index (χ0v) is 14.9. The van der Waals surface area contributed by atoms with Gasteiger partial charge in [-0.2, -0.15) is 0 Å². The van der Waals surface area contributed by atoms with Crippen molar-refractivity contribution in [2.75, 3.05) is 37.8 Å². The van der Waals surface area contributed by atoms with Crippen LogP contribution in [0.4, 0.5) is 5.95 Å². The topological polar surface area (TPSA) is 67.8 Å². The standard InChI is InChI=1S/C19H22N4O3/c1-2-26-17-6-4-3-5-15(17)18(24)23-12-14-11-20-19(21-16(14)13-23)22-7-9-25-10-8-22/h3-6,11H,2,7-10,12-13H2,1H3. The quantitative estimate of drug-likeness (QED) is 0.835. The molecule has 0 radical (unpaired) electrons. The molecule has 0 N–H and O–H groups in total. The summed E-state index contributed by atoms with van der Waals surface area (Å²) >= 11 is 0. The van der Waals surface area contributed by atoms with Crippen molar-refractivity contribution < 1.29 is 14.3 Å². The lowest BCUT2D eigenvalue weighted by molar-refractivity contribution is 0.0746. The summed E-state index contributed by atoms with van der Waals surface area (Å²) in [6.45, 7) is 6.44. The summed E-state index contributed by atoms with van der Waals surface area (Å²) in [6, 6.07) is 7.37. The second-order valence-electron chi connectivity index (χ2n) is 6.33. The van der Waals surface area contributed by atoms with Crippen molar-refractivity contribution in [3.63, 3.8) is 0 Å². The van der Waals surface area contributed by atoms with Crippen molar-refractivity contribution in [2.24, 2.45) is 0 Å². The molecule has 7 heteroatoms. The van der Waals surface area contributed by atoms with Gasteiger partial charge in [-0.1, -0.05) is 12.1 Å². The molecule has 1 saturated heterocycles. The Morgan fingerprint density at radius 1 is 1.23 bits per heavy atom. The number of nitrogens with zero attached hydrogens (tertiary/aromatic N) is 4. The molecule has 2 aliphatic rings. The number of fused-ring (bicyclic) bond motifs is 1. The van der Waals surface area contributed by atoms with E-state index in [4.69, 9.17) is 14.5 Å². The van der Waals surface area contributed by atoms with E-state index in [9.17, 15) is 4.79 Å². The molecule has 0 bridgehead atoms. The molecule has 1 aromatic heterocycles. The molecule has 1 aromatic carbocycles. The lowest BCUT2D eigenvalue weighted by Crippen LogP contribution is -2.37. The van der Waals surface area contributed by atoms with Crippen LogP contribution in [0.2, 0.25) is 0 Å². The van der Waals surface area contributed by atoms with E-state index in [0.29, 0.717) is 44.2 Å². The van der Waals surface area contributed by atoms with Gasteiger partial charge in [0.25, 0.3) is 5.91 Å². The van der Waals surface area contributed by atoms with Crippen LogP contribution in [0.3, 0.4) is 0 Å². The summed E-state index contributed by atoms with van der Waals surface area (Å²) in [5.41, 5.74) is 2.51. The molecule has 0 atom stereocenters. The molecule has 136 valence electrons. The number of para-hydroxylation sites is 1. The molecule has 0 aliphatic carbocycles. The molecule has 0 spiro atoms. The Hall–Kier alpha value is -2.67. The summed E-state index contributed by atoms with van der Waals surface area (Å²) in [6.07, 6.45) is 1.84. The molecule has 1 amide bonds. The van der Waals surface area contributed by atoms with Gasteiger partial charge in [-0.3, -0.25) is 4.79 Å². The first kappa shape index (κ1) is 16.8. The maximum atomic E-state index is 13.0. The second-order valence-corrected chi connectivity index (χ2v) is 6.33. The third-order valence-electron chi connectivity index (χ3n) is 4.64. The summed E-state index contributed by atoms with van der Waals surface area (Å²) in [4.78, 5) is 26.1. The van der Waals surface area contributed by atoms with Gasteiger partial charge in [0.05, 0.1) is 37.6 Å². The highest BCUT2D eigenvalue weighted by molar-refractivity contribution is 5.97. The van der Waals surface area contributed by atoms with Gasteiger partial charge >= 0.3 is 0 Å². The first-order chi connectivity index (χ1) is 12.8. The Balaban J connectivity index is 1.52. The van der Waals surface area contributed by atoms with Crippen LogP contribution in [-0.4, -0.2) is 53.7 Å². The van der Waals surface area contributed by atoms with Gasteiger partial charge in [-0.15, -0.1) is 0 Å². The summed E-state index contributed by atoms with van der Waals surface area (Å²) in [7, 11) is 0. The Bertz CT molecular complexity index is 805. The normalized spacial score (nSPS) is 16.5. The first-order valence-electron chi connectivity index (χ1n) is 8.95. The van der Waals surface area contributed by atoms with E-state index in [1.807, 2.05) is 31.3 Å². The predicted molar refractivity (Wildman–Crippen MR) is 96.3 cm³/mol. The van der Waals surface area contributed by atoms with Gasteiger partial charge in [0.15, 0.2) is 0 Å². The van der Waals surface area contributed by atoms with Crippen LogP contribution in [0, 0.1) is 0 Å². The number of carbonyl (C=O) groups is 1. The van der Waals surface area contributed by atoms with Crippen LogP contribution in [0.25, 0.3) is 0 Å². The third-order valence-corrected chi connectivity index (χ3v) is 4.64. The average molecular weight is 354 g/mol. The predicted octanol–water partition coefficient (Wildman–Crippen LogP) is 1.87. The Morgan fingerprint density at radius 2 is 2.04 bits per heavy atom. The molecule has 7 nitrogen and oxygen atoms in total. The average Bonchev–Trinajstić information content (AvgIpc) is 3.12. The highest BCUT2D eigenvalue weighted by Gasteiger charge is 2.28. The smallest absolute Gasteiger partial charge is 0.258 e. The molecule has 0 saturated carbocycles. The fourth-order valence-electron chi connectivity index (χ4n) is 3.30. The van der Waals surface area contributed by atoms with Crippen LogP contribution in [0.5, 0.6) is 5.75 Å². The lowest BCUT2D eigenvalue weighted by Gasteiger charge is -2.26. The number of carbonyl (C=O) groups excluding carboxylic acids is 1. The van der Waals surface area contributed by atoms with E-state index in [2.05, 4.69) is 9.88 Å². The molecule has 4 rings (SSSR count). The molecule has 1 fully saturated rings. The molecular weight excluding hydrogens is 332 g/mol. The van der Waals surface area contributed by atoms with Crippen molar-refractivity contribution >= 4 is 11.9 Å². The summed E-state index contributed by atoms with van der Waals surface area (Å²) in [5.74, 6) is 1.30. The van der Waals surface area contributed by atoms with E-state index < -0.39 is 0 Å². The maximum absolute atomic E-state index is 13.0. The number of morpholine rings is 1. The van der Waals surface area contributed by atoms with Gasteiger partial charge in [0.1, 0.15) is 5.75 Å². The zero-order valence-electron chi connectivity index (χ0n) is 14.9. The molecule has 2 aliphatic heterocycles.